The Hall–Kier alpha value is -2.53. The van der Waals surface area contributed by atoms with Crippen LogP contribution in [0.25, 0.3) is 10.6 Å². The molecule has 0 aromatic carbocycles. The molecule has 0 radical (unpaired) electrons. The minimum atomic E-state index is -4.78. The third kappa shape index (κ3) is 3.20. The number of alkyl halides is 3. The van der Waals surface area contributed by atoms with Crippen molar-refractivity contribution in [3.63, 3.8) is 0 Å². The predicted octanol–water partition coefficient (Wildman–Crippen LogP) is 4.47. The van der Waals surface area contributed by atoms with E-state index in [1.54, 1.807) is 17.5 Å². The Bertz CT molecular complexity index is 934. The molecule has 3 rings (SSSR count). The third-order valence-electron chi connectivity index (χ3n) is 4.14. The average Bonchev–Trinajstić information content (AvgIpc) is 3.20. The standard InChI is InChI=1S/C17H14F3N3OS/c1-10-4-2-5-13(10)22-23-14(15-6-3-7-25-15)8-12(17(18,19)20)11(9-21)16(23)24/h3,6-8,22H,2,4-5H2,1H3. The van der Waals surface area contributed by atoms with E-state index in [4.69, 9.17) is 5.26 Å². The van der Waals surface area contributed by atoms with Gasteiger partial charge in [-0.3, -0.25) is 10.2 Å². The molecule has 2 aromatic rings. The minimum Gasteiger partial charge on any atom is -0.295 e. The van der Waals surface area contributed by atoms with E-state index in [1.165, 1.54) is 17.4 Å². The first kappa shape index (κ1) is 17.3. The molecule has 2 heterocycles. The highest BCUT2D eigenvalue weighted by Gasteiger charge is 2.37. The SMILES string of the molecule is CC1=C(Nn2c(-c3cccs3)cc(C(F)(F)F)c(C#N)c2=O)CCC1. The van der Waals surface area contributed by atoms with Crippen LogP contribution in [0.1, 0.15) is 37.3 Å². The predicted molar refractivity (Wildman–Crippen MR) is 89.6 cm³/mol. The van der Waals surface area contributed by atoms with Gasteiger partial charge in [0.05, 0.1) is 16.1 Å². The number of hydrogen-bond acceptors (Lipinski definition) is 4. The molecule has 1 N–H and O–H groups in total. The summed E-state index contributed by atoms with van der Waals surface area (Å²) in [6, 6.07) is 5.61. The molecule has 0 aliphatic heterocycles. The molecule has 0 saturated heterocycles. The summed E-state index contributed by atoms with van der Waals surface area (Å²) in [4.78, 5) is 13.1. The summed E-state index contributed by atoms with van der Waals surface area (Å²) in [5.74, 6) is 0. The fourth-order valence-electron chi connectivity index (χ4n) is 2.84. The number of hydrogen-bond donors (Lipinski definition) is 1. The summed E-state index contributed by atoms with van der Waals surface area (Å²) in [5.41, 5.74) is 1.80. The molecular weight excluding hydrogens is 351 g/mol. The lowest BCUT2D eigenvalue weighted by atomic mass is 10.1. The molecule has 0 fully saturated rings. The molecule has 130 valence electrons. The van der Waals surface area contributed by atoms with E-state index in [-0.39, 0.29) is 5.69 Å². The maximum absolute atomic E-state index is 13.3. The second kappa shape index (κ2) is 6.41. The average molecular weight is 365 g/mol. The molecule has 0 bridgehead atoms. The number of halogens is 3. The first-order chi connectivity index (χ1) is 11.8. The zero-order valence-corrected chi connectivity index (χ0v) is 14.1. The van der Waals surface area contributed by atoms with Crippen molar-refractivity contribution in [1.82, 2.24) is 4.68 Å². The number of nitrogens with zero attached hydrogens (tertiary/aromatic N) is 2. The summed E-state index contributed by atoms with van der Waals surface area (Å²) in [6.45, 7) is 1.92. The van der Waals surface area contributed by atoms with Crippen LogP contribution in [-0.4, -0.2) is 4.68 Å². The number of nitrogens with one attached hydrogen (secondary N) is 1. The van der Waals surface area contributed by atoms with Crippen LogP contribution in [0.3, 0.4) is 0 Å². The summed E-state index contributed by atoms with van der Waals surface area (Å²) >= 11 is 1.22. The van der Waals surface area contributed by atoms with Crippen molar-refractivity contribution >= 4 is 11.3 Å². The molecule has 2 aromatic heterocycles. The molecule has 0 saturated carbocycles. The third-order valence-corrected chi connectivity index (χ3v) is 5.03. The van der Waals surface area contributed by atoms with E-state index >= 15 is 0 Å². The van der Waals surface area contributed by atoms with Gasteiger partial charge in [0.2, 0.25) is 0 Å². The fraction of sp³-hybridized carbons (Fsp3) is 0.294. The second-order valence-electron chi connectivity index (χ2n) is 5.77. The topological polar surface area (TPSA) is 57.8 Å². The quantitative estimate of drug-likeness (QED) is 0.873. The Balaban J connectivity index is 2.27. The Morgan fingerprint density at radius 1 is 1.36 bits per heavy atom. The first-order valence-electron chi connectivity index (χ1n) is 7.60. The number of nitriles is 1. The highest BCUT2D eigenvalue weighted by atomic mass is 32.1. The molecule has 0 spiro atoms. The molecule has 4 nitrogen and oxygen atoms in total. The van der Waals surface area contributed by atoms with Gasteiger partial charge >= 0.3 is 6.18 Å². The van der Waals surface area contributed by atoms with Gasteiger partial charge < -0.3 is 0 Å². The number of thiophene rings is 1. The molecule has 0 amide bonds. The normalized spacial score (nSPS) is 14.7. The van der Waals surface area contributed by atoms with Crippen LogP contribution in [0.4, 0.5) is 13.2 Å². The van der Waals surface area contributed by atoms with Gasteiger partial charge in [0.15, 0.2) is 0 Å². The summed E-state index contributed by atoms with van der Waals surface area (Å²) in [7, 11) is 0. The smallest absolute Gasteiger partial charge is 0.295 e. The highest BCUT2D eigenvalue weighted by molar-refractivity contribution is 7.13. The number of rotatable bonds is 3. The molecule has 8 heteroatoms. The lowest BCUT2D eigenvalue weighted by Gasteiger charge is -2.19. The van der Waals surface area contributed by atoms with Crippen LogP contribution in [0.15, 0.2) is 39.6 Å². The van der Waals surface area contributed by atoms with Gasteiger partial charge in [0, 0.05) is 5.70 Å². The lowest BCUT2D eigenvalue weighted by molar-refractivity contribution is -0.137. The molecule has 1 aliphatic rings. The van der Waals surface area contributed by atoms with E-state index in [9.17, 15) is 18.0 Å². The Kier molecular flexibility index (Phi) is 4.43. The van der Waals surface area contributed by atoms with Gasteiger partial charge in [-0.1, -0.05) is 11.6 Å². The maximum Gasteiger partial charge on any atom is 0.417 e. The second-order valence-corrected chi connectivity index (χ2v) is 6.72. The fourth-order valence-corrected chi connectivity index (χ4v) is 3.57. The van der Waals surface area contributed by atoms with Gasteiger partial charge in [-0.2, -0.15) is 18.4 Å². The van der Waals surface area contributed by atoms with Gasteiger partial charge in [0.1, 0.15) is 11.6 Å². The Labute approximate surface area is 145 Å². The number of allylic oxidation sites excluding steroid dienone is 2. The van der Waals surface area contributed by atoms with Crippen molar-refractivity contribution in [1.29, 1.82) is 5.26 Å². The Morgan fingerprint density at radius 2 is 2.12 bits per heavy atom. The monoisotopic (exact) mass is 365 g/mol. The maximum atomic E-state index is 13.3. The van der Waals surface area contributed by atoms with Crippen LogP contribution >= 0.6 is 11.3 Å². The van der Waals surface area contributed by atoms with Crippen LogP contribution in [0.2, 0.25) is 0 Å². The molecule has 0 atom stereocenters. The lowest BCUT2D eigenvalue weighted by Crippen LogP contribution is -2.33. The van der Waals surface area contributed by atoms with Crippen molar-refractivity contribution in [3.05, 3.63) is 56.3 Å². The van der Waals surface area contributed by atoms with Crippen LogP contribution in [0.5, 0.6) is 0 Å². The zero-order chi connectivity index (χ0) is 18.2. The Morgan fingerprint density at radius 3 is 2.64 bits per heavy atom. The van der Waals surface area contributed by atoms with E-state index < -0.39 is 22.9 Å². The van der Waals surface area contributed by atoms with Gasteiger partial charge in [-0.15, -0.1) is 11.3 Å². The largest absolute Gasteiger partial charge is 0.417 e. The van der Waals surface area contributed by atoms with Crippen LogP contribution < -0.4 is 11.0 Å². The van der Waals surface area contributed by atoms with Crippen LogP contribution in [0, 0.1) is 11.3 Å². The number of aromatic nitrogens is 1. The van der Waals surface area contributed by atoms with E-state index in [1.807, 2.05) is 6.92 Å². The van der Waals surface area contributed by atoms with Crippen molar-refractivity contribution in [3.8, 4) is 16.6 Å². The van der Waals surface area contributed by atoms with Gasteiger partial charge in [-0.25, -0.2) is 4.68 Å². The van der Waals surface area contributed by atoms with Gasteiger partial charge in [-0.05, 0) is 43.7 Å². The van der Waals surface area contributed by atoms with Crippen molar-refractivity contribution in [2.45, 2.75) is 32.4 Å². The zero-order valence-electron chi connectivity index (χ0n) is 13.3. The van der Waals surface area contributed by atoms with E-state index in [0.717, 1.165) is 34.9 Å². The van der Waals surface area contributed by atoms with Crippen molar-refractivity contribution < 1.29 is 13.2 Å². The summed E-state index contributed by atoms with van der Waals surface area (Å²) in [6.07, 6.45) is -2.27. The van der Waals surface area contributed by atoms with E-state index in [0.29, 0.717) is 11.3 Å². The first-order valence-corrected chi connectivity index (χ1v) is 8.47. The molecule has 0 unspecified atom stereocenters. The van der Waals surface area contributed by atoms with Crippen LogP contribution in [-0.2, 0) is 6.18 Å². The van der Waals surface area contributed by atoms with Gasteiger partial charge in [0.25, 0.3) is 5.56 Å². The minimum absolute atomic E-state index is 0.0959. The summed E-state index contributed by atoms with van der Waals surface area (Å²) < 4.78 is 41.0. The van der Waals surface area contributed by atoms with E-state index in [2.05, 4.69) is 5.43 Å². The molecule has 25 heavy (non-hydrogen) atoms. The summed E-state index contributed by atoms with van der Waals surface area (Å²) in [5, 5.41) is 10.8. The highest BCUT2D eigenvalue weighted by Crippen LogP contribution is 2.35. The molecule has 1 aliphatic carbocycles. The number of pyridine rings is 1. The van der Waals surface area contributed by atoms with Crippen molar-refractivity contribution in [2.24, 2.45) is 0 Å². The van der Waals surface area contributed by atoms with Crippen molar-refractivity contribution in [2.75, 3.05) is 5.43 Å². The molecular formula is C17H14F3N3OS.